The number of rotatable bonds is 1. The summed E-state index contributed by atoms with van der Waals surface area (Å²) < 4.78 is 0. The second-order valence-electron chi connectivity index (χ2n) is 7.14. The van der Waals surface area contributed by atoms with E-state index >= 15 is 0 Å². The SMILES string of the molecule is CCN1CCN(C(C)(C)C)[C@@H](C(C)(C)C)C1. The third-order valence-corrected chi connectivity index (χ3v) is 3.77. The highest BCUT2D eigenvalue weighted by atomic mass is 15.3. The number of hydrogen-bond acceptors (Lipinski definition) is 2. The van der Waals surface area contributed by atoms with Gasteiger partial charge in [-0.25, -0.2) is 0 Å². The van der Waals surface area contributed by atoms with E-state index in [4.69, 9.17) is 0 Å². The van der Waals surface area contributed by atoms with Crippen LogP contribution in [0, 0.1) is 5.41 Å². The first-order valence-corrected chi connectivity index (χ1v) is 6.65. The Morgan fingerprint density at radius 2 is 1.56 bits per heavy atom. The molecule has 0 aliphatic carbocycles. The van der Waals surface area contributed by atoms with Gasteiger partial charge in [-0.2, -0.15) is 0 Å². The van der Waals surface area contributed by atoms with Crippen molar-refractivity contribution in [3.8, 4) is 0 Å². The normalized spacial score (nSPS) is 26.1. The fourth-order valence-electron chi connectivity index (χ4n) is 2.67. The molecular formula is C14H30N2. The Kier molecular flexibility index (Phi) is 4.07. The molecule has 96 valence electrons. The van der Waals surface area contributed by atoms with Crippen molar-refractivity contribution in [3.63, 3.8) is 0 Å². The standard InChI is InChI=1S/C14H30N2/c1-8-15-9-10-16(14(5,6)7)12(11-15)13(2,3)4/h12H,8-11H2,1-7H3/t12-/m1/s1. The summed E-state index contributed by atoms with van der Waals surface area (Å²) in [6.45, 7) is 21.2. The first-order valence-electron chi connectivity index (χ1n) is 6.65. The van der Waals surface area contributed by atoms with E-state index in [0.29, 0.717) is 11.5 Å². The zero-order chi connectivity index (χ0) is 12.6. The third-order valence-electron chi connectivity index (χ3n) is 3.77. The number of piperazine rings is 1. The molecule has 0 aromatic carbocycles. The molecule has 0 spiro atoms. The van der Waals surface area contributed by atoms with Crippen LogP contribution in [-0.4, -0.2) is 47.6 Å². The van der Waals surface area contributed by atoms with Crippen LogP contribution in [0.4, 0.5) is 0 Å². The Balaban J connectivity index is 2.85. The molecule has 1 aliphatic heterocycles. The van der Waals surface area contributed by atoms with Crippen molar-refractivity contribution in [1.82, 2.24) is 9.80 Å². The van der Waals surface area contributed by atoms with Crippen LogP contribution in [0.2, 0.25) is 0 Å². The number of nitrogens with zero attached hydrogens (tertiary/aromatic N) is 2. The zero-order valence-electron chi connectivity index (χ0n) is 12.3. The lowest BCUT2D eigenvalue weighted by molar-refractivity contribution is -0.0350. The van der Waals surface area contributed by atoms with E-state index in [1.54, 1.807) is 0 Å². The second-order valence-corrected chi connectivity index (χ2v) is 7.14. The van der Waals surface area contributed by atoms with Crippen molar-refractivity contribution in [1.29, 1.82) is 0 Å². The van der Waals surface area contributed by atoms with Gasteiger partial charge in [0.15, 0.2) is 0 Å². The summed E-state index contributed by atoms with van der Waals surface area (Å²) in [4.78, 5) is 5.28. The van der Waals surface area contributed by atoms with Gasteiger partial charge in [0, 0.05) is 31.2 Å². The fraction of sp³-hybridized carbons (Fsp3) is 1.00. The molecule has 1 saturated heterocycles. The highest BCUT2D eigenvalue weighted by molar-refractivity contribution is 4.94. The summed E-state index contributed by atoms with van der Waals surface area (Å²) in [5, 5.41) is 0. The van der Waals surface area contributed by atoms with Crippen molar-refractivity contribution < 1.29 is 0 Å². The summed E-state index contributed by atoms with van der Waals surface area (Å²) in [6.07, 6.45) is 0. The van der Waals surface area contributed by atoms with Gasteiger partial charge in [-0.1, -0.05) is 27.7 Å². The van der Waals surface area contributed by atoms with Gasteiger partial charge in [0.2, 0.25) is 0 Å². The molecule has 0 bridgehead atoms. The van der Waals surface area contributed by atoms with Crippen LogP contribution in [0.5, 0.6) is 0 Å². The van der Waals surface area contributed by atoms with E-state index in [1.165, 1.54) is 26.2 Å². The molecule has 0 aromatic rings. The maximum atomic E-state index is 2.69. The van der Waals surface area contributed by atoms with E-state index in [0.717, 1.165) is 0 Å². The molecule has 1 atom stereocenters. The predicted molar refractivity (Wildman–Crippen MR) is 71.8 cm³/mol. The molecule has 1 heterocycles. The summed E-state index contributed by atoms with van der Waals surface area (Å²) in [5.41, 5.74) is 0.652. The van der Waals surface area contributed by atoms with E-state index in [9.17, 15) is 0 Å². The molecule has 16 heavy (non-hydrogen) atoms. The molecule has 0 aromatic heterocycles. The van der Waals surface area contributed by atoms with E-state index in [2.05, 4.69) is 58.3 Å². The van der Waals surface area contributed by atoms with Crippen LogP contribution >= 0.6 is 0 Å². The lowest BCUT2D eigenvalue weighted by Crippen LogP contribution is -2.63. The van der Waals surface area contributed by atoms with Crippen LogP contribution in [0.1, 0.15) is 48.5 Å². The summed E-state index contributed by atoms with van der Waals surface area (Å²) in [5.74, 6) is 0. The second kappa shape index (κ2) is 4.66. The van der Waals surface area contributed by atoms with Crippen molar-refractivity contribution in [2.45, 2.75) is 60.0 Å². The van der Waals surface area contributed by atoms with Crippen LogP contribution in [0.25, 0.3) is 0 Å². The molecule has 1 rings (SSSR count). The van der Waals surface area contributed by atoms with E-state index < -0.39 is 0 Å². The third kappa shape index (κ3) is 3.21. The smallest absolute Gasteiger partial charge is 0.0277 e. The van der Waals surface area contributed by atoms with Crippen LogP contribution in [0.3, 0.4) is 0 Å². The Hall–Kier alpha value is -0.0800. The summed E-state index contributed by atoms with van der Waals surface area (Å²) in [6, 6.07) is 0.668. The monoisotopic (exact) mass is 226 g/mol. The van der Waals surface area contributed by atoms with E-state index in [1.807, 2.05) is 0 Å². The molecule has 1 aliphatic rings. The predicted octanol–water partition coefficient (Wildman–Crippen LogP) is 2.84. The van der Waals surface area contributed by atoms with Gasteiger partial charge >= 0.3 is 0 Å². The van der Waals surface area contributed by atoms with Crippen molar-refractivity contribution in [2.75, 3.05) is 26.2 Å². The minimum atomic E-state index is 0.289. The van der Waals surface area contributed by atoms with Gasteiger partial charge < -0.3 is 4.90 Å². The molecule has 0 radical (unpaired) electrons. The fourth-order valence-corrected chi connectivity index (χ4v) is 2.67. The molecule has 0 unspecified atom stereocenters. The first-order chi connectivity index (χ1) is 7.16. The van der Waals surface area contributed by atoms with Gasteiger partial charge in [0.05, 0.1) is 0 Å². The van der Waals surface area contributed by atoms with Gasteiger partial charge in [0.1, 0.15) is 0 Å². The number of likely N-dealkylation sites (N-methyl/N-ethyl adjacent to an activating group) is 1. The molecule has 2 nitrogen and oxygen atoms in total. The molecule has 0 N–H and O–H groups in total. The molecule has 2 heteroatoms. The van der Waals surface area contributed by atoms with Crippen molar-refractivity contribution in [2.24, 2.45) is 5.41 Å². The summed E-state index contributed by atoms with van der Waals surface area (Å²) in [7, 11) is 0. The lowest BCUT2D eigenvalue weighted by atomic mass is 9.82. The van der Waals surface area contributed by atoms with E-state index in [-0.39, 0.29) is 5.54 Å². The number of hydrogen-bond donors (Lipinski definition) is 0. The Morgan fingerprint density at radius 1 is 1.00 bits per heavy atom. The highest BCUT2D eigenvalue weighted by Crippen LogP contribution is 2.32. The van der Waals surface area contributed by atoms with Crippen LogP contribution < -0.4 is 0 Å². The Bertz CT molecular complexity index is 222. The molecule has 0 saturated carbocycles. The maximum absolute atomic E-state index is 2.69. The van der Waals surface area contributed by atoms with Crippen LogP contribution in [-0.2, 0) is 0 Å². The first kappa shape index (κ1) is 14.0. The molecular weight excluding hydrogens is 196 g/mol. The van der Waals surface area contributed by atoms with Crippen molar-refractivity contribution in [3.05, 3.63) is 0 Å². The largest absolute Gasteiger partial charge is 0.301 e. The molecule has 0 amide bonds. The Morgan fingerprint density at radius 3 is 1.94 bits per heavy atom. The van der Waals surface area contributed by atoms with Crippen LogP contribution in [0.15, 0.2) is 0 Å². The molecule has 1 fully saturated rings. The maximum Gasteiger partial charge on any atom is 0.0277 e. The van der Waals surface area contributed by atoms with Gasteiger partial charge in [-0.15, -0.1) is 0 Å². The zero-order valence-corrected chi connectivity index (χ0v) is 12.3. The topological polar surface area (TPSA) is 6.48 Å². The average molecular weight is 226 g/mol. The Labute approximate surface area is 102 Å². The summed E-state index contributed by atoms with van der Waals surface area (Å²) >= 11 is 0. The average Bonchev–Trinajstić information content (AvgIpc) is 2.14. The van der Waals surface area contributed by atoms with Crippen molar-refractivity contribution >= 4 is 0 Å². The minimum absolute atomic E-state index is 0.289. The van der Waals surface area contributed by atoms with Gasteiger partial charge in [-0.3, -0.25) is 4.90 Å². The highest BCUT2D eigenvalue weighted by Gasteiger charge is 2.39. The van der Waals surface area contributed by atoms with Gasteiger partial charge in [0.25, 0.3) is 0 Å². The lowest BCUT2D eigenvalue weighted by Gasteiger charge is -2.52. The quantitative estimate of drug-likeness (QED) is 0.678. The van der Waals surface area contributed by atoms with Gasteiger partial charge in [-0.05, 0) is 32.7 Å². The minimum Gasteiger partial charge on any atom is -0.301 e.